The average molecular weight is 621 g/mol. The van der Waals surface area contributed by atoms with Gasteiger partial charge in [0.15, 0.2) is 0 Å². The van der Waals surface area contributed by atoms with E-state index in [1.54, 1.807) is 31.3 Å². The van der Waals surface area contributed by atoms with Gasteiger partial charge in [0, 0.05) is 39.1 Å². The van der Waals surface area contributed by atoms with Crippen LogP contribution < -0.4 is 16.0 Å². The quantitative estimate of drug-likeness (QED) is 0.357. The summed E-state index contributed by atoms with van der Waals surface area (Å²) in [5.41, 5.74) is 1.66. The number of hydrogen-bond donors (Lipinski definition) is 3. The lowest BCUT2D eigenvalue weighted by molar-refractivity contribution is -0.142. The molecule has 2 heterocycles. The first kappa shape index (κ1) is 32.2. The number of carbonyl (C=O) groups excluding carboxylic acids is 3. The zero-order valence-electron chi connectivity index (χ0n) is 24.2. The largest absolute Gasteiger partial charge is 0.358 e. The smallest absolute Gasteiger partial charge is 0.245 e. The maximum atomic E-state index is 14.1. The maximum Gasteiger partial charge on any atom is 0.245 e. The molecule has 4 rings (SSSR count). The number of nitrogens with one attached hydrogen (secondary N) is 3. The van der Waals surface area contributed by atoms with Crippen molar-refractivity contribution < 1.29 is 18.8 Å². The zero-order valence-corrected chi connectivity index (χ0v) is 25.7. The van der Waals surface area contributed by atoms with Crippen LogP contribution in [-0.2, 0) is 27.2 Å². The Hall–Kier alpha value is -2.72. The minimum Gasteiger partial charge on any atom is -0.358 e. The summed E-state index contributed by atoms with van der Waals surface area (Å²) in [5, 5.41) is 9.87. The third-order valence-corrected chi connectivity index (χ3v) is 8.91. The van der Waals surface area contributed by atoms with Crippen molar-refractivity contribution in [1.82, 2.24) is 25.8 Å². The van der Waals surface area contributed by atoms with E-state index in [2.05, 4.69) is 27.8 Å². The van der Waals surface area contributed by atoms with E-state index in [4.69, 9.17) is 23.2 Å². The summed E-state index contributed by atoms with van der Waals surface area (Å²) >= 11 is 12.3. The molecule has 8 nitrogen and oxygen atoms in total. The van der Waals surface area contributed by atoms with Gasteiger partial charge < -0.3 is 20.9 Å². The molecule has 11 heteroatoms. The van der Waals surface area contributed by atoms with Crippen LogP contribution in [-0.4, -0.2) is 84.9 Å². The van der Waals surface area contributed by atoms with Gasteiger partial charge in [-0.25, -0.2) is 4.39 Å². The number of likely N-dealkylation sites (N-methyl/N-ethyl adjacent to an activating group) is 1. The topological polar surface area (TPSA) is 93.8 Å². The Balaban J connectivity index is 1.53. The Labute approximate surface area is 257 Å². The summed E-state index contributed by atoms with van der Waals surface area (Å²) in [4.78, 5) is 44.3. The van der Waals surface area contributed by atoms with Gasteiger partial charge in [0.25, 0.3) is 0 Å². The van der Waals surface area contributed by atoms with Crippen LogP contribution in [0.4, 0.5) is 4.39 Å². The number of amides is 3. The van der Waals surface area contributed by atoms with Crippen LogP contribution in [0.25, 0.3) is 0 Å². The monoisotopic (exact) mass is 619 g/mol. The summed E-state index contributed by atoms with van der Waals surface area (Å²) in [6, 6.07) is 9.69. The van der Waals surface area contributed by atoms with Gasteiger partial charge >= 0.3 is 0 Å². The predicted molar refractivity (Wildman–Crippen MR) is 163 cm³/mol. The summed E-state index contributed by atoms with van der Waals surface area (Å²) < 4.78 is 13.6. The predicted octanol–water partition coefficient (Wildman–Crippen LogP) is 3.58. The summed E-state index contributed by atoms with van der Waals surface area (Å²) in [5.74, 6) is -0.821. The van der Waals surface area contributed by atoms with Crippen molar-refractivity contribution >= 4 is 40.9 Å². The zero-order chi connectivity index (χ0) is 30.2. The molecule has 3 amide bonds. The summed E-state index contributed by atoms with van der Waals surface area (Å²) in [6.07, 6.45) is 3.93. The number of rotatable bonds is 11. The lowest BCUT2D eigenvalue weighted by atomic mass is 9.98. The molecule has 4 atom stereocenters. The van der Waals surface area contributed by atoms with Crippen LogP contribution in [0.2, 0.25) is 10.0 Å². The van der Waals surface area contributed by atoms with E-state index in [1.165, 1.54) is 12.1 Å². The maximum absolute atomic E-state index is 14.1. The molecule has 0 bridgehead atoms. The molecule has 0 aromatic heterocycles. The molecule has 0 spiro atoms. The summed E-state index contributed by atoms with van der Waals surface area (Å²) in [7, 11) is 1.62. The highest BCUT2D eigenvalue weighted by Crippen LogP contribution is 2.25. The molecule has 2 aromatic rings. The first-order valence-electron chi connectivity index (χ1n) is 14.7. The van der Waals surface area contributed by atoms with Crippen molar-refractivity contribution in [2.24, 2.45) is 0 Å². The lowest BCUT2D eigenvalue weighted by Gasteiger charge is -2.45. The average Bonchev–Trinajstić information content (AvgIpc) is 3.53. The third-order valence-electron chi connectivity index (χ3n) is 8.17. The van der Waals surface area contributed by atoms with Crippen LogP contribution in [0.15, 0.2) is 42.5 Å². The van der Waals surface area contributed by atoms with Crippen LogP contribution in [0.1, 0.15) is 43.7 Å². The highest BCUT2D eigenvalue weighted by atomic mass is 35.5. The minimum absolute atomic E-state index is 0.110. The highest BCUT2D eigenvalue weighted by Gasteiger charge is 2.38. The Bertz CT molecular complexity index is 1240. The SMILES string of the molecule is CCCC1CN(C(Cc2ccc(Cl)c(Cl)c2)C(=O)NC)CCN1C(=O)C(Cc1ccc(F)cc1)NC(=O)C1CCCN1. The Morgan fingerprint density at radius 3 is 2.43 bits per heavy atom. The third kappa shape index (κ3) is 8.22. The van der Waals surface area contributed by atoms with Gasteiger partial charge in [-0.15, -0.1) is 0 Å². The van der Waals surface area contributed by atoms with Crippen molar-refractivity contribution in [3.05, 3.63) is 69.5 Å². The number of hydrogen-bond acceptors (Lipinski definition) is 5. The Kier molecular flexibility index (Phi) is 11.6. The molecule has 2 aliphatic heterocycles. The molecule has 2 aliphatic rings. The van der Waals surface area contributed by atoms with Crippen molar-refractivity contribution in [1.29, 1.82) is 0 Å². The van der Waals surface area contributed by atoms with Crippen molar-refractivity contribution in [3.8, 4) is 0 Å². The van der Waals surface area contributed by atoms with Gasteiger partial charge in [0.05, 0.1) is 22.1 Å². The molecule has 3 N–H and O–H groups in total. The second-order valence-electron chi connectivity index (χ2n) is 11.1. The molecule has 0 aliphatic carbocycles. The van der Waals surface area contributed by atoms with Gasteiger partial charge in [-0.3, -0.25) is 19.3 Å². The van der Waals surface area contributed by atoms with Crippen molar-refractivity contribution in [3.63, 3.8) is 0 Å². The Morgan fingerprint density at radius 2 is 1.79 bits per heavy atom. The molecule has 0 radical (unpaired) electrons. The normalized spacial score (nSPS) is 20.6. The molecule has 2 saturated heterocycles. The molecular formula is C31H40Cl2FN5O3. The molecule has 0 saturated carbocycles. The summed E-state index contributed by atoms with van der Waals surface area (Å²) in [6.45, 7) is 4.25. The number of halogens is 3. The first-order valence-corrected chi connectivity index (χ1v) is 15.4. The van der Waals surface area contributed by atoms with Crippen molar-refractivity contribution in [2.75, 3.05) is 33.2 Å². The van der Waals surface area contributed by atoms with Crippen LogP contribution in [0, 0.1) is 5.82 Å². The Morgan fingerprint density at radius 1 is 1.05 bits per heavy atom. The van der Waals surface area contributed by atoms with Crippen LogP contribution >= 0.6 is 23.2 Å². The van der Waals surface area contributed by atoms with E-state index in [-0.39, 0.29) is 42.0 Å². The van der Waals surface area contributed by atoms with Gasteiger partial charge in [0.2, 0.25) is 17.7 Å². The molecule has 228 valence electrons. The number of carbonyl (C=O) groups is 3. The number of nitrogens with zero attached hydrogens (tertiary/aromatic N) is 2. The molecule has 42 heavy (non-hydrogen) atoms. The molecule has 2 aromatic carbocycles. The highest BCUT2D eigenvalue weighted by molar-refractivity contribution is 6.42. The van der Waals surface area contributed by atoms with E-state index < -0.39 is 12.1 Å². The first-order chi connectivity index (χ1) is 20.2. The lowest BCUT2D eigenvalue weighted by Crippen LogP contribution is -2.63. The molecule has 2 fully saturated rings. The standard InChI is InChI=1S/C31H40Cl2FN5O3/c1-3-5-23-19-38(28(30(41)35-2)18-21-9-12-24(32)25(33)16-21)14-15-39(23)31(42)27(17-20-7-10-22(34)11-8-20)37-29(40)26-6-4-13-36-26/h7-12,16,23,26-28,36H,3-6,13-15,17-19H2,1-2H3,(H,35,41)(H,37,40). The number of piperazine rings is 1. The second kappa shape index (κ2) is 15.1. The van der Waals surface area contributed by atoms with E-state index in [9.17, 15) is 18.8 Å². The van der Waals surface area contributed by atoms with Gasteiger partial charge in [-0.05, 0) is 67.6 Å². The number of benzene rings is 2. The fraction of sp³-hybridized carbons (Fsp3) is 0.516. The fourth-order valence-electron chi connectivity index (χ4n) is 5.91. The van der Waals surface area contributed by atoms with E-state index >= 15 is 0 Å². The van der Waals surface area contributed by atoms with Gasteiger partial charge in [-0.1, -0.05) is 54.7 Å². The fourth-order valence-corrected chi connectivity index (χ4v) is 6.23. The molecular weight excluding hydrogens is 580 g/mol. The van der Waals surface area contributed by atoms with E-state index in [0.717, 1.165) is 43.4 Å². The van der Waals surface area contributed by atoms with Crippen molar-refractivity contribution in [2.45, 2.75) is 69.6 Å². The second-order valence-corrected chi connectivity index (χ2v) is 11.9. The van der Waals surface area contributed by atoms with E-state index in [0.29, 0.717) is 36.1 Å². The van der Waals surface area contributed by atoms with Gasteiger partial charge in [-0.2, -0.15) is 0 Å². The van der Waals surface area contributed by atoms with Gasteiger partial charge in [0.1, 0.15) is 11.9 Å². The molecule has 4 unspecified atom stereocenters. The van der Waals surface area contributed by atoms with E-state index in [1.807, 2.05) is 11.0 Å². The minimum atomic E-state index is -0.790. The van der Waals surface area contributed by atoms with Crippen LogP contribution in [0.3, 0.4) is 0 Å². The van der Waals surface area contributed by atoms with Crippen LogP contribution in [0.5, 0.6) is 0 Å².